The van der Waals surface area contributed by atoms with Crippen LogP contribution in [0, 0.1) is 0 Å². The van der Waals surface area contributed by atoms with Gasteiger partial charge in [-0.25, -0.2) is 4.79 Å². The molecule has 2 aliphatic rings. The highest BCUT2D eigenvalue weighted by Crippen LogP contribution is 2.23. The zero-order valence-electron chi connectivity index (χ0n) is 6.90. The number of carbonyl (C=O) groups is 1. The second kappa shape index (κ2) is 2.79. The van der Waals surface area contributed by atoms with Crippen LogP contribution in [0.25, 0.3) is 0 Å². The first kappa shape index (κ1) is 7.61. The van der Waals surface area contributed by atoms with Gasteiger partial charge in [0.25, 0.3) is 0 Å². The number of nitrogens with zero attached hydrogens (tertiary/aromatic N) is 1. The smallest absolute Gasteiger partial charge is 0.412 e. The molecule has 1 fully saturated rings. The lowest BCUT2D eigenvalue weighted by molar-refractivity contribution is 0.0114. The van der Waals surface area contributed by atoms with E-state index in [-0.39, 0.29) is 18.4 Å². The number of cyclic esters (lactones) is 1. The van der Waals surface area contributed by atoms with Gasteiger partial charge in [0.05, 0.1) is 6.04 Å². The summed E-state index contributed by atoms with van der Waals surface area (Å²) in [4.78, 5) is 12.8. The average Bonchev–Trinajstić information content (AvgIpc) is 2.48. The molecule has 4 nitrogen and oxygen atoms in total. The van der Waals surface area contributed by atoms with Gasteiger partial charge in [-0.3, -0.25) is 4.90 Å². The van der Waals surface area contributed by atoms with Gasteiger partial charge < -0.3 is 9.47 Å². The third kappa shape index (κ3) is 0.992. The molecule has 0 aromatic rings. The number of methoxy groups -OCH3 is 1. The first-order valence-corrected chi connectivity index (χ1v) is 3.97. The van der Waals surface area contributed by atoms with Gasteiger partial charge in [-0.1, -0.05) is 6.08 Å². The van der Waals surface area contributed by atoms with E-state index in [1.54, 1.807) is 12.0 Å². The Balaban J connectivity index is 2.20. The van der Waals surface area contributed by atoms with Gasteiger partial charge in [-0.05, 0) is 12.5 Å². The molecule has 2 aliphatic heterocycles. The van der Waals surface area contributed by atoms with Gasteiger partial charge in [0, 0.05) is 7.11 Å². The van der Waals surface area contributed by atoms with Crippen molar-refractivity contribution in [1.29, 1.82) is 0 Å². The van der Waals surface area contributed by atoms with Gasteiger partial charge >= 0.3 is 6.09 Å². The van der Waals surface area contributed by atoms with Crippen LogP contribution >= 0.6 is 0 Å². The lowest BCUT2D eigenvalue weighted by Gasteiger charge is -2.29. The fourth-order valence-electron chi connectivity index (χ4n) is 1.60. The third-order valence-electron chi connectivity index (χ3n) is 2.23. The molecule has 4 heteroatoms. The predicted octanol–water partition coefficient (Wildman–Crippen LogP) is 0.740. The molecule has 1 saturated heterocycles. The van der Waals surface area contributed by atoms with E-state index in [2.05, 4.69) is 0 Å². The molecule has 2 atom stereocenters. The number of fused-ring (bicyclic) bond motifs is 1. The molecule has 2 heterocycles. The summed E-state index contributed by atoms with van der Waals surface area (Å²) in [6.07, 6.45) is 4.27. The van der Waals surface area contributed by atoms with E-state index >= 15 is 0 Å². The van der Waals surface area contributed by atoms with Crippen LogP contribution in [-0.2, 0) is 9.47 Å². The van der Waals surface area contributed by atoms with E-state index in [9.17, 15) is 4.79 Å². The van der Waals surface area contributed by atoms with E-state index in [1.807, 2.05) is 12.2 Å². The highest BCUT2D eigenvalue weighted by molar-refractivity contribution is 5.71. The van der Waals surface area contributed by atoms with Crippen LogP contribution in [0.1, 0.15) is 6.42 Å². The molecule has 0 aromatic heterocycles. The maximum Gasteiger partial charge on any atom is 0.412 e. The molecule has 0 bridgehead atoms. The first-order valence-electron chi connectivity index (χ1n) is 3.97. The molecule has 0 aromatic carbocycles. The molecular weight excluding hydrogens is 158 g/mol. The normalized spacial score (nSPS) is 33.4. The molecule has 0 spiro atoms. The number of hydrogen-bond donors (Lipinski definition) is 0. The minimum Gasteiger partial charge on any atom is -0.447 e. The summed E-state index contributed by atoms with van der Waals surface area (Å²) in [6.45, 7) is 0.489. The first-order chi connectivity index (χ1) is 5.83. The van der Waals surface area contributed by atoms with Crippen LogP contribution < -0.4 is 0 Å². The Kier molecular flexibility index (Phi) is 1.77. The summed E-state index contributed by atoms with van der Waals surface area (Å²) < 4.78 is 10.0. The Labute approximate surface area is 70.7 Å². The second-order valence-electron chi connectivity index (χ2n) is 2.93. The summed E-state index contributed by atoms with van der Waals surface area (Å²) >= 11 is 0. The number of amides is 1. The van der Waals surface area contributed by atoms with Crippen molar-refractivity contribution in [2.45, 2.75) is 18.7 Å². The molecule has 12 heavy (non-hydrogen) atoms. The Morgan fingerprint density at radius 1 is 1.75 bits per heavy atom. The van der Waals surface area contributed by atoms with Crippen LogP contribution in [-0.4, -0.2) is 37.0 Å². The zero-order valence-corrected chi connectivity index (χ0v) is 6.90. The van der Waals surface area contributed by atoms with Crippen molar-refractivity contribution in [2.75, 3.05) is 13.7 Å². The van der Waals surface area contributed by atoms with Crippen molar-refractivity contribution in [3.05, 3.63) is 12.2 Å². The number of rotatable bonds is 1. The van der Waals surface area contributed by atoms with Crippen molar-refractivity contribution < 1.29 is 14.3 Å². The molecular formula is C8H11NO3. The summed E-state index contributed by atoms with van der Waals surface area (Å²) in [5, 5.41) is 0. The minimum atomic E-state index is -0.267. The van der Waals surface area contributed by atoms with Gasteiger partial charge in [0.2, 0.25) is 0 Å². The van der Waals surface area contributed by atoms with E-state index in [4.69, 9.17) is 9.47 Å². The fourth-order valence-corrected chi connectivity index (χ4v) is 1.60. The van der Waals surface area contributed by atoms with Crippen molar-refractivity contribution in [2.24, 2.45) is 0 Å². The Hall–Kier alpha value is -1.03. The zero-order chi connectivity index (χ0) is 8.55. The van der Waals surface area contributed by atoms with Gasteiger partial charge in [-0.15, -0.1) is 0 Å². The number of ether oxygens (including phenoxy) is 2. The molecule has 0 saturated carbocycles. The lowest BCUT2D eigenvalue weighted by atomic mass is 10.1. The Bertz CT molecular complexity index is 226. The minimum absolute atomic E-state index is 0.174. The number of carbonyl (C=O) groups excluding carboxylic acids is 1. The Morgan fingerprint density at radius 2 is 2.58 bits per heavy atom. The average molecular weight is 169 g/mol. The van der Waals surface area contributed by atoms with E-state index in [1.165, 1.54) is 0 Å². The molecule has 0 aliphatic carbocycles. The van der Waals surface area contributed by atoms with Gasteiger partial charge in [-0.2, -0.15) is 0 Å². The topological polar surface area (TPSA) is 38.8 Å². The standard InChI is InChI=1S/C8H11NO3/c1-11-7-4-2-3-6-5-12-8(10)9(6)7/h2,4,6-7H,3,5H2,1H3/t6-,7?/m0/s1. The van der Waals surface area contributed by atoms with E-state index in [0.29, 0.717) is 6.61 Å². The van der Waals surface area contributed by atoms with Crippen molar-refractivity contribution in [3.63, 3.8) is 0 Å². The molecule has 1 amide bonds. The summed E-state index contributed by atoms with van der Waals surface area (Å²) in [5.74, 6) is 0. The quantitative estimate of drug-likeness (QED) is 0.543. The highest BCUT2D eigenvalue weighted by atomic mass is 16.6. The lowest BCUT2D eigenvalue weighted by Crippen LogP contribution is -2.44. The highest BCUT2D eigenvalue weighted by Gasteiger charge is 2.38. The fraction of sp³-hybridized carbons (Fsp3) is 0.625. The summed E-state index contributed by atoms with van der Waals surface area (Å²) in [5.41, 5.74) is 0. The molecule has 0 N–H and O–H groups in total. The predicted molar refractivity (Wildman–Crippen MR) is 41.5 cm³/mol. The molecule has 1 unspecified atom stereocenters. The SMILES string of the molecule is COC1C=CC[C@H]2COC(=O)N12. The van der Waals surface area contributed by atoms with Crippen LogP contribution in [0.3, 0.4) is 0 Å². The summed E-state index contributed by atoms with van der Waals surface area (Å²) in [7, 11) is 1.59. The van der Waals surface area contributed by atoms with Crippen molar-refractivity contribution in [3.8, 4) is 0 Å². The molecule has 66 valence electrons. The monoisotopic (exact) mass is 169 g/mol. The van der Waals surface area contributed by atoms with Crippen molar-refractivity contribution >= 4 is 6.09 Å². The number of hydrogen-bond acceptors (Lipinski definition) is 3. The maximum absolute atomic E-state index is 11.2. The maximum atomic E-state index is 11.2. The largest absolute Gasteiger partial charge is 0.447 e. The van der Waals surface area contributed by atoms with Crippen LogP contribution in [0.4, 0.5) is 4.79 Å². The van der Waals surface area contributed by atoms with Crippen molar-refractivity contribution in [1.82, 2.24) is 4.90 Å². The van der Waals surface area contributed by atoms with Crippen LogP contribution in [0.15, 0.2) is 12.2 Å². The Morgan fingerprint density at radius 3 is 3.33 bits per heavy atom. The van der Waals surface area contributed by atoms with Crippen LogP contribution in [0.5, 0.6) is 0 Å². The van der Waals surface area contributed by atoms with E-state index < -0.39 is 0 Å². The van der Waals surface area contributed by atoms with Gasteiger partial charge in [0.15, 0.2) is 6.23 Å². The van der Waals surface area contributed by atoms with Gasteiger partial charge in [0.1, 0.15) is 6.61 Å². The third-order valence-corrected chi connectivity index (χ3v) is 2.23. The molecule has 2 rings (SSSR count). The summed E-state index contributed by atoms with van der Waals surface area (Å²) in [6, 6.07) is 0.174. The van der Waals surface area contributed by atoms with Crippen LogP contribution in [0.2, 0.25) is 0 Å². The second-order valence-corrected chi connectivity index (χ2v) is 2.93. The van der Waals surface area contributed by atoms with E-state index in [0.717, 1.165) is 6.42 Å². The molecule has 0 radical (unpaired) electrons.